The molecule has 1 fully saturated rings. The molecule has 1 aliphatic rings. The van der Waals surface area contributed by atoms with E-state index in [4.69, 9.17) is 9.47 Å². The number of carbonyl (C=O) groups is 1. The van der Waals surface area contributed by atoms with Crippen LogP contribution in [-0.4, -0.2) is 51.1 Å². The molecule has 1 N–H and O–H groups in total. The van der Waals surface area contributed by atoms with Crippen molar-refractivity contribution < 1.29 is 14.3 Å². The van der Waals surface area contributed by atoms with E-state index >= 15 is 0 Å². The van der Waals surface area contributed by atoms with Crippen molar-refractivity contribution in [1.82, 2.24) is 19.9 Å². The van der Waals surface area contributed by atoms with Crippen molar-refractivity contribution in [3.05, 3.63) is 72.3 Å². The first kappa shape index (κ1) is 21.7. The maximum atomic E-state index is 13.3. The number of rotatable bonds is 6. The molecule has 3 aromatic rings. The summed E-state index contributed by atoms with van der Waals surface area (Å²) < 4.78 is 12.0. The molecule has 32 heavy (non-hydrogen) atoms. The van der Waals surface area contributed by atoms with Crippen molar-refractivity contribution in [3.8, 4) is 5.75 Å². The van der Waals surface area contributed by atoms with Gasteiger partial charge in [0.15, 0.2) is 5.60 Å². The van der Waals surface area contributed by atoms with E-state index < -0.39 is 5.60 Å². The van der Waals surface area contributed by atoms with Gasteiger partial charge in [0.25, 0.3) is 5.91 Å². The zero-order chi connectivity index (χ0) is 22.6. The minimum absolute atomic E-state index is 0.0823. The quantitative estimate of drug-likeness (QED) is 0.634. The molecule has 3 heterocycles. The predicted octanol–water partition coefficient (Wildman–Crippen LogP) is 3.68. The summed E-state index contributed by atoms with van der Waals surface area (Å²) in [5, 5.41) is 3.13. The lowest BCUT2D eigenvalue weighted by Gasteiger charge is -2.37. The molecule has 1 aromatic carbocycles. The Bertz CT molecular complexity index is 1070. The van der Waals surface area contributed by atoms with Gasteiger partial charge in [-0.15, -0.1) is 0 Å². The summed E-state index contributed by atoms with van der Waals surface area (Å²) in [4.78, 5) is 28.0. The number of ether oxygens (including phenoxy) is 2. The third kappa shape index (κ3) is 5.20. The second-order valence-electron chi connectivity index (χ2n) is 8.20. The minimum atomic E-state index is -1.00. The predicted molar refractivity (Wildman–Crippen MR) is 121 cm³/mol. The van der Waals surface area contributed by atoms with Crippen LogP contribution in [0.15, 0.2) is 61.1 Å². The lowest BCUT2D eigenvalue weighted by molar-refractivity contribution is -0.153. The molecular weight excluding hydrogens is 406 g/mol. The number of amides is 1. The number of anilines is 2. The largest absolute Gasteiger partial charge is 0.478 e. The fraction of sp³-hybridized carbons (Fsp3) is 0.333. The average Bonchev–Trinajstić information content (AvgIpc) is 2.79. The highest BCUT2D eigenvalue weighted by Crippen LogP contribution is 2.26. The van der Waals surface area contributed by atoms with Crippen LogP contribution in [0, 0.1) is 6.92 Å². The lowest BCUT2D eigenvalue weighted by Crippen LogP contribution is -2.53. The highest BCUT2D eigenvalue weighted by Gasteiger charge is 2.37. The van der Waals surface area contributed by atoms with E-state index in [0.29, 0.717) is 37.1 Å². The molecule has 1 aliphatic heterocycles. The summed E-state index contributed by atoms with van der Waals surface area (Å²) in [5.74, 6) is 1.84. The van der Waals surface area contributed by atoms with Gasteiger partial charge in [0, 0.05) is 18.9 Å². The van der Waals surface area contributed by atoms with E-state index in [2.05, 4.69) is 20.3 Å². The number of aromatic nitrogens is 3. The Morgan fingerprint density at radius 3 is 2.81 bits per heavy atom. The van der Waals surface area contributed by atoms with Gasteiger partial charge in [0.05, 0.1) is 25.0 Å². The van der Waals surface area contributed by atoms with Crippen molar-refractivity contribution >= 4 is 17.5 Å². The first-order chi connectivity index (χ1) is 15.4. The van der Waals surface area contributed by atoms with Crippen LogP contribution >= 0.6 is 0 Å². The number of hydrogen-bond donors (Lipinski definition) is 1. The second kappa shape index (κ2) is 9.32. The summed E-state index contributed by atoms with van der Waals surface area (Å²) in [5.41, 5.74) is 0.824. The molecule has 0 bridgehead atoms. The number of carbonyl (C=O) groups excluding carboxylic acids is 1. The normalized spacial score (nSPS) is 16.5. The number of hydrogen-bond acceptors (Lipinski definition) is 7. The van der Waals surface area contributed by atoms with Gasteiger partial charge in [0.2, 0.25) is 0 Å². The van der Waals surface area contributed by atoms with Crippen molar-refractivity contribution in [3.63, 3.8) is 0 Å². The van der Waals surface area contributed by atoms with Crippen molar-refractivity contribution in [1.29, 1.82) is 0 Å². The van der Waals surface area contributed by atoms with Gasteiger partial charge in [-0.1, -0.05) is 18.2 Å². The van der Waals surface area contributed by atoms with Gasteiger partial charge in [0.1, 0.15) is 23.5 Å². The molecule has 0 aliphatic carbocycles. The molecule has 8 nitrogen and oxygen atoms in total. The zero-order valence-electron chi connectivity index (χ0n) is 18.5. The fourth-order valence-electron chi connectivity index (χ4n) is 3.61. The molecule has 0 unspecified atom stereocenters. The molecule has 1 amide bonds. The Balaban J connectivity index is 1.45. The topological polar surface area (TPSA) is 89.5 Å². The van der Waals surface area contributed by atoms with E-state index in [1.165, 1.54) is 0 Å². The van der Waals surface area contributed by atoms with Crippen LogP contribution in [0.1, 0.15) is 31.2 Å². The molecular formula is C24H27N5O3. The van der Waals surface area contributed by atoms with Crippen molar-refractivity contribution in [2.45, 2.75) is 32.5 Å². The molecule has 0 radical (unpaired) electrons. The molecule has 0 spiro atoms. The smallest absolute Gasteiger partial charge is 0.266 e. The van der Waals surface area contributed by atoms with E-state index in [0.717, 1.165) is 11.3 Å². The van der Waals surface area contributed by atoms with E-state index in [1.54, 1.807) is 37.3 Å². The number of nitrogens with one attached hydrogen (secondary N) is 1. The summed E-state index contributed by atoms with van der Waals surface area (Å²) in [6, 6.07) is 13.4. The summed E-state index contributed by atoms with van der Waals surface area (Å²) in [6.45, 7) is 6.93. The van der Waals surface area contributed by atoms with Crippen molar-refractivity contribution in [2.75, 3.05) is 25.0 Å². The average molecular weight is 434 g/mol. The van der Waals surface area contributed by atoms with Crippen LogP contribution in [0.25, 0.3) is 0 Å². The van der Waals surface area contributed by atoms with Gasteiger partial charge in [-0.05, 0) is 50.6 Å². The maximum absolute atomic E-state index is 13.3. The number of morpholine rings is 1. The van der Waals surface area contributed by atoms with Crippen LogP contribution in [0.2, 0.25) is 0 Å². The monoisotopic (exact) mass is 433 g/mol. The lowest BCUT2D eigenvalue weighted by atomic mass is 10.1. The maximum Gasteiger partial charge on any atom is 0.266 e. The number of aryl methyl sites for hydroxylation is 1. The summed E-state index contributed by atoms with van der Waals surface area (Å²) >= 11 is 0. The Morgan fingerprint density at radius 1 is 1.19 bits per heavy atom. The molecule has 166 valence electrons. The molecule has 1 atom stereocenters. The molecule has 0 saturated carbocycles. The van der Waals surface area contributed by atoms with E-state index in [-0.39, 0.29) is 12.0 Å². The molecule has 8 heteroatoms. The van der Waals surface area contributed by atoms with Crippen LogP contribution in [0.4, 0.5) is 11.6 Å². The Morgan fingerprint density at radius 2 is 2.03 bits per heavy atom. The summed E-state index contributed by atoms with van der Waals surface area (Å²) in [7, 11) is 0. The zero-order valence-corrected chi connectivity index (χ0v) is 18.5. The van der Waals surface area contributed by atoms with E-state index in [9.17, 15) is 4.79 Å². The van der Waals surface area contributed by atoms with Gasteiger partial charge >= 0.3 is 0 Å². The van der Waals surface area contributed by atoms with Crippen LogP contribution < -0.4 is 10.1 Å². The van der Waals surface area contributed by atoms with Gasteiger partial charge < -0.3 is 19.7 Å². The highest BCUT2D eigenvalue weighted by molar-refractivity contribution is 5.85. The van der Waals surface area contributed by atoms with Gasteiger partial charge in [-0.3, -0.25) is 9.78 Å². The Hall–Kier alpha value is -3.52. The van der Waals surface area contributed by atoms with Crippen molar-refractivity contribution in [2.24, 2.45) is 0 Å². The SMILES string of the molecule is Cc1cccc(OC(C)(C)C(=O)N2CCO[C@H](c3cccc(Nc4cnccn4)n3)C2)c1. The van der Waals surface area contributed by atoms with Gasteiger partial charge in [-0.2, -0.15) is 0 Å². The molecule has 2 aromatic heterocycles. The highest BCUT2D eigenvalue weighted by atomic mass is 16.5. The molecule has 4 rings (SSSR count). The van der Waals surface area contributed by atoms with Crippen LogP contribution in [0.3, 0.4) is 0 Å². The third-order valence-corrected chi connectivity index (χ3v) is 5.15. The number of benzene rings is 1. The Kier molecular flexibility index (Phi) is 6.32. The van der Waals surface area contributed by atoms with Gasteiger partial charge in [-0.25, -0.2) is 9.97 Å². The first-order valence-corrected chi connectivity index (χ1v) is 10.6. The first-order valence-electron chi connectivity index (χ1n) is 10.6. The number of nitrogens with zero attached hydrogens (tertiary/aromatic N) is 4. The summed E-state index contributed by atoms with van der Waals surface area (Å²) in [6.07, 6.45) is 4.52. The number of pyridine rings is 1. The molecule has 1 saturated heterocycles. The van der Waals surface area contributed by atoms with Crippen LogP contribution in [-0.2, 0) is 9.53 Å². The fourth-order valence-corrected chi connectivity index (χ4v) is 3.61. The van der Waals surface area contributed by atoms with E-state index in [1.807, 2.05) is 49.4 Å². The standard InChI is InChI=1S/C24H27N5O3/c1-17-6-4-7-18(14-17)32-24(2,3)23(30)29-12-13-31-20(16-29)19-8-5-9-21(27-19)28-22-15-25-10-11-26-22/h4-11,14-15,20H,12-13,16H2,1-3H3,(H,26,27,28)/t20-/m0/s1. The third-order valence-electron chi connectivity index (χ3n) is 5.15. The second-order valence-corrected chi connectivity index (χ2v) is 8.20. The Labute approximate surface area is 187 Å². The minimum Gasteiger partial charge on any atom is -0.478 e. The van der Waals surface area contributed by atoms with Crippen LogP contribution in [0.5, 0.6) is 5.75 Å².